The molecule has 0 atom stereocenters. The van der Waals surface area contributed by atoms with E-state index in [-0.39, 0.29) is 11.7 Å². The minimum Gasteiger partial charge on any atom is -0.310 e. The molecule has 2 heterocycles. The lowest BCUT2D eigenvalue weighted by Gasteiger charge is -2.21. The van der Waals surface area contributed by atoms with Crippen molar-refractivity contribution in [1.82, 2.24) is 19.7 Å². The number of hydrogen-bond acceptors (Lipinski definition) is 5. The largest absolute Gasteiger partial charge is 0.310 e. The van der Waals surface area contributed by atoms with Gasteiger partial charge in [-0.15, -0.1) is 10.2 Å². The van der Waals surface area contributed by atoms with Crippen LogP contribution in [0.5, 0.6) is 0 Å². The summed E-state index contributed by atoms with van der Waals surface area (Å²) in [7, 11) is 0. The SMILES string of the molecule is CCn1c(CC2CCCCC2)nnc1SCC(=O)Nc1ccc(Cl)cn1. The maximum Gasteiger partial charge on any atom is 0.236 e. The summed E-state index contributed by atoms with van der Waals surface area (Å²) in [6, 6.07) is 3.38. The van der Waals surface area contributed by atoms with Gasteiger partial charge in [-0.25, -0.2) is 4.98 Å². The van der Waals surface area contributed by atoms with Gasteiger partial charge in [-0.1, -0.05) is 55.5 Å². The molecular weight excluding hydrogens is 370 g/mol. The Kier molecular flexibility index (Phi) is 6.91. The molecule has 0 unspecified atom stereocenters. The predicted molar refractivity (Wildman–Crippen MR) is 105 cm³/mol. The van der Waals surface area contributed by atoms with E-state index < -0.39 is 0 Å². The maximum atomic E-state index is 12.1. The van der Waals surface area contributed by atoms with Crippen molar-refractivity contribution in [3.05, 3.63) is 29.2 Å². The number of anilines is 1. The standard InChI is InChI=1S/C18H24ClN5OS/c1-2-24-16(10-13-6-4-3-5-7-13)22-23-18(24)26-12-17(25)21-15-9-8-14(19)11-20-15/h8-9,11,13H,2-7,10,12H2,1H3,(H,20,21,25). The minimum absolute atomic E-state index is 0.121. The molecule has 1 fully saturated rings. The van der Waals surface area contributed by atoms with E-state index in [0.717, 1.165) is 29.9 Å². The molecular formula is C18H24ClN5OS. The van der Waals surface area contributed by atoms with Crippen LogP contribution in [0.2, 0.25) is 5.02 Å². The van der Waals surface area contributed by atoms with E-state index in [2.05, 4.69) is 32.0 Å². The monoisotopic (exact) mass is 393 g/mol. The first kappa shape index (κ1) is 19.2. The normalized spacial score (nSPS) is 15.2. The topological polar surface area (TPSA) is 72.7 Å². The zero-order chi connectivity index (χ0) is 18.4. The fourth-order valence-corrected chi connectivity index (χ4v) is 4.24. The number of thioether (sulfide) groups is 1. The third-order valence-electron chi connectivity index (χ3n) is 4.63. The molecule has 1 amide bonds. The van der Waals surface area contributed by atoms with Gasteiger partial charge in [-0.05, 0) is 25.0 Å². The number of pyridine rings is 1. The van der Waals surface area contributed by atoms with Gasteiger partial charge in [0, 0.05) is 19.2 Å². The van der Waals surface area contributed by atoms with Gasteiger partial charge in [0.2, 0.25) is 5.91 Å². The van der Waals surface area contributed by atoms with Crippen molar-refractivity contribution in [2.45, 2.75) is 57.1 Å². The molecule has 0 aromatic carbocycles. The van der Waals surface area contributed by atoms with Crippen LogP contribution in [0.1, 0.15) is 44.9 Å². The Morgan fingerprint density at radius 2 is 2.12 bits per heavy atom. The summed E-state index contributed by atoms with van der Waals surface area (Å²) in [5.41, 5.74) is 0. The van der Waals surface area contributed by atoms with Crippen molar-refractivity contribution in [3.63, 3.8) is 0 Å². The van der Waals surface area contributed by atoms with Gasteiger partial charge in [0.15, 0.2) is 5.16 Å². The third kappa shape index (κ3) is 5.20. The van der Waals surface area contributed by atoms with Gasteiger partial charge in [0.1, 0.15) is 11.6 Å². The van der Waals surface area contributed by atoms with Gasteiger partial charge in [0.25, 0.3) is 0 Å². The number of carbonyl (C=O) groups excluding carboxylic acids is 1. The first-order chi connectivity index (χ1) is 12.7. The number of nitrogens with one attached hydrogen (secondary N) is 1. The van der Waals surface area contributed by atoms with Crippen molar-refractivity contribution in [2.75, 3.05) is 11.1 Å². The van der Waals surface area contributed by atoms with Crippen LogP contribution in [0.4, 0.5) is 5.82 Å². The zero-order valence-corrected chi connectivity index (χ0v) is 16.5. The highest BCUT2D eigenvalue weighted by molar-refractivity contribution is 7.99. The van der Waals surface area contributed by atoms with E-state index in [9.17, 15) is 4.79 Å². The molecule has 0 aliphatic heterocycles. The van der Waals surface area contributed by atoms with Crippen LogP contribution in [0.15, 0.2) is 23.5 Å². The van der Waals surface area contributed by atoms with Crippen LogP contribution in [0.3, 0.4) is 0 Å². The number of hydrogen-bond donors (Lipinski definition) is 1. The molecule has 3 rings (SSSR count). The minimum atomic E-state index is -0.121. The summed E-state index contributed by atoms with van der Waals surface area (Å²) in [6.07, 6.45) is 9.08. The summed E-state index contributed by atoms with van der Waals surface area (Å²) in [6.45, 7) is 2.91. The molecule has 2 aromatic rings. The van der Waals surface area contributed by atoms with E-state index in [1.807, 2.05) is 0 Å². The number of nitrogens with zero attached hydrogens (tertiary/aromatic N) is 4. The van der Waals surface area contributed by atoms with Gasteiger partial charge in [0.05, 0.1) is 10.8 Å². The van der Waals surface area contributed by atoms with Gasteiger partial charge in [-0.2, -0.15) is 0 Å². The van der Waals surface area contributed by atoms with Crippen LogP contribution < -0.4 is 5.32 Å². The maximum absolute atomic E-state index is 12.1. The number of aromatic nitrogens is 4. The van der Waals surface area contributed by atoms with Crippen LogP contribution in [-0.2, 0) is 17.8 Å². The number of carbonyl (C=O) groups is 1. The zero-order valence-electron chi connectivity index (χ0n) is 14.9. The van der Waals surface area contributed by atoms with Gasteiger partial charge < -0.3 is 9.88 Å². The van der Waals surface area contributed by atoms with E-state index in [1.54, 1.807) is 12.1 Å². The van der Waals surface area contributed by atoms with Crippen molar-refractivity contribution < 1.29 is 4.79 Å². The van der Waals surface area contributed by atoms with E-state index in [1.165, 1.54) is 50.1 Å². The van der Waals surface area contributed by atoms with Crippen LogP contribution >= 0.6 is 23.4 Å². The van der Waals surface area contributed by atoms with E-state index >= 15 is 0 Å². The second-order valence-corrected chi connectivity index (χ2v) is 7.93. The van der Waals surface area contributed by atoms with Gasteiger partial charge >= 0.3 is 0 Å². The smallest absolute Gasteiger partial charge is 0.236 e. The highest BCUT2D eigenvalue weighted by Crippen LogP contribution is 2.27. The quantitative estimate of drug-likeness (QED) is 0.713. The molecule has 1 aliphatic rings. The van der Waals surface area contributed by atoms with Crippen LogP contribution in [-0.4, -0.2) is 31.4 Å². The molecule has 8 heteroatoms. The summed E-state index contributed by atoms with van der Waals surface area (Å²) in [5, 5.41) is 12.8. The summed E-state index contributed by atoms with van der Waals surface area (Å²) in [4.78, 5) is 16.2. The Labute approximate surface area is 163 Å². The molecule has 0 spiro atoms. The molecule has 26 heavy (non-hydrogen) atoms. The Balaban J connectivity index is 1.55. The molecule has 1 saturated carbocycles. The number of amides is 1. The molecule has 1 N–H and O–H groups in total. The second-order valence-electron chi connectivity index (χ2n) is 6.55. The predicted octanol–water partition coefficient (Wildman–Crippen LogP) is 4.20. The van der Waals surface area contributed by atoms with Crippen LogP contribution in [0.25, 0.3) is 0 Å². The lowest BCUT2D eigenvalue weighted by atomic mass is 9.87. The first-order valence-corrected chi connectivity index (χ1v) is 10.5. The fourth-order valence-electron chi connectivity index (χ4n) is 3.30. The molecule has 0 radical (unpaired) electrons. The first-order valence-electron chi connectivity index (χ1n) is 9.12. The highest BCUT2D eigenvalue weighted by Gasteiger charge is 2.19. The Morgan fingerprint density at radius 3 is 2.81 bits per heavy atom. The Hall–Kier alpha value is -1.60. The number of rotatable bonds is 7. The Morgan fingerprint density at radius 1 is 1.31 bits per heavy atom. The average molecular weight is 394 g/mol. The van der Waals surface area contributed by atoms with Crippen molar-refractivity contribution in [3.8, 4) is 0 Å². The third-order valence-corrected chi connectivity index (χ3v) is 5.82. The highest BCUT2D eigenvalue weighted by atomic mass is 35.5. The van der Waals surface area contributed by atoms with E-state index in [0.29, 0.717) is 10.8 Å². The van der Waals surface area contributed by atoms with Gasteiger partial charge in [-0.3, -0.25) is 4.79 Å². The molecule has 140 valence electrons. The summed E-state index contributed by atoms with van der Waals surface area (Å²) < 4.78 is 2.13. The molecule has 1 aliphatic carbocycles. The van der Waals surface area contributed by atoms with Crippen LogP contribution in [0, 0.1) is 5.92 Å². The van der Waals surface area contributed by atoms with E-state index in [4.69, 9.17) is 11.6 Å². The number of halogens is 1. The average Bonchev–Trinajstić information content (AvgIpc) is 3.04. The fraction of sp³-hybridized carbons (Fsp3) is 0.556. The lowest BCUT2D eigenvalue weighted by Crippen LogP contribution is -2.16. The summed E-state index contributed by atoms with van der Waals surface area (Å²) >= 11 is 7.21. The second kappa shape index (κ2) is 9.37. The molecule has 0 saturated heterocycles. The molecule has 6 nitrogen and oxygen atoms in total. The van der Waals surface area contributed by atoms with Crippen molar-refractivity contribution >= 4 is 35.1 Å². The van der Waals surface area contributed by atoms with Crippen molar-refractivity contribution in [2.24, 2.45) is 5.92 Å². The Bertz CT molecular complexity index is 728. The molecule has 0 bridgehead atoms. The lowest BCUT2D eigenvalue weighted by molar-refractivity contribution is -0.113. The summed E-state index contributed by atoms with van der Waals surface area (Å²) in [5.74, 6) is 2.41. The van der Waals surface area contributed by atoms with Crippen molar-refractivity contribution in [1.29, 1.82) is 0 Å². The molecule has 2 aromatic heterocycles.